The van der Waals surface area contributed by atoms with Gasteiger partial charge in [-0.25, -0.2) is 4.98 Å². The average molecular weight is 386 g/mol. The third-order valence-corrected chi connectivity index (χ3v) is 4.43. The molecule has 1 N–H and O–H groups in total. The molecule has 4 rings (SSSR count). The maximum Gasteiger partial charge on any atom is 0.282 e. The molecule has 7 heteroatoms. The number of anilines is 1. The van der Waals surface area contributed by atoms with E-state index in [0.29, 0.717) is 22.5 Å². The lowest BCUT2D eigenvalue weighted by molar-refractivity contribution is 0.102. The van der Waals surface area contributed by atoms with Gasteiger partial charge in [-0.15, -0.1) is 0 Å². The van der Waals surface area contributed by atoms with Crippen molar-refractivity contribution in [2.24, 2.45) is 7.05 Å². The van der Waals surface area contributed by atoms with Gasteiger partial charge in [0.1, 0.15) is 12.4 Å². The third kappa shape index (κ3) is 3.84. The van der Waals surface area contributed by atoms with Gasteiger partial charge in [0.2, 0.25) is 0 Å². The van der Waals surface area contributed by atoms with Crippen LogP contribution in [0.4, 0.5) is 5.69 Å². The van der Waals surface area contributed by atoms with Crippen molar-refractivity contribution in [2.75, 3.05) is 5.32 Å². The Balaban J connectivity index is 1.60. The van der Waals surface area contributed by atoms with Gasteiger partial charge < -0.3 is 14.6 Å². The second-order valence-electron chi connectivity index (χ2n) is 6.37. The molecular formula is C22H18N4O3. The molecule has 2 aromatic heterocycles. The van der Waals surface area contributed by atoms with Crippen molar-refractivity contribution in [3.05, 3.63) is 94.7 Å². The Kier molecular flexibility index (Phi) is 5.03. The molecule has 2 aromatic carbocycles. The zero-order chi connectivity index (χ0) is 20.2. The van der Waals surface area contributed by atoms with Crippen LogP contribution in [0.3, 0.4) is 0 Å². The van der Waals surface area contributed by atoms with E-state index in [0.717, 1.165) is 5.69 Å². The summed E-state index contributed by atoms with van der Waals surface area (Å²) in [5, 5.41) is 2.74. The minimum atomic E-state index is -0.592. The standard InChI is InChI=1S/C22H18N4O3/c1-26-18-11-4-2-9-16(18)24-20(22(26)28)21(27)25-17-10-3-5-12-19(17)29-14-15-8-6-7-13-23-15/h2-13H,14H2,1H3,(H,25,27). The summed E-state index contributed by atoms with van der Waals surface area (Å²) in [6.45, 7) is 0.254. The summed E-state index contributed by atoms with van der Waals surface area (Å²) in [4.78, 5) is 33.9. The van der Waals surface area contributed by atoms with E-state index in [9.17, 15) is 9.59 Å². The van der Waals surface area contributed by atoms with Gasteiger partial charge in [-0.05, 0) is 36.4 Å². The molecule has 0 atom stereocenters. The lowest BCUT2D eigenvalue weighted by atomic mass is 10.2. The molecule has 0 fully saturated rings. The lowest BCUT2D eigenvalue weighted by Crippen LogP contribution is -2.29. The highest BCUT2D eigenvalue weighted by Crippen LogP contribution is 2.25. The largest absolute Gasteiger partial charge is 0.485 e. The predicted molar refractivity (Wildman–Crippen MR) is 110 cm³/mol. The number of amides is 1. The van der Waals surface area contributed by atoms with Crippen LogP contribution in [0.15, 0.2) is 77.7 Å². The number of carbonyl (C=O) groups excluding carboxylic acids is 1. The molecule has 144 valence electrons. The molecule has 0 spiro atoms. The van der Waals surface area contributed by atoms with Crippen molar-refractivity contribution in [1.29, 1.82) is 0 Å². The number of nitrogens with zero attached hydrogens (tertiary/aromatic N) is 3. The van der Waals surface area contributed by atoms with Gasteiger partial charge in [0.15, 0.2) is 5.69 Å². The monoisotopic (exact) mass is 386 g/mol. The number of nitrogens with one attached hydrogen (secondary N) is 1. The zero-order valence-electron chi connectivity index (χ0n) is 15.7. The summed E-state index contributed by atoms with van der Waals surface area (Å²) >= 11 is 0. The number of pyridine rings is 1. The Hall–Kier alpha value is -4.00. The van der Waals surface area contributed by atoms with E-state index < -0.39 is 11.5 Å². The Morgan fingerprint density at radius 2 is 1.79 bits per heavy atom. The van der Waals surface area contributed by atoms with Crippen LogP contribution in [0.1, 0.15) is 16.2 Å². The number of para-hydroxylation sites is 4. The predicted octanol–water partition coefficient (Wildman–Crippen LogP) is 3.16. The van der Waals surface area contributed by atoms with Crippen LogP contribution >= 0.6 is 0 Å². The van der Waals surface area contributed by atoms with Gasteiger partial charge in [0.05, 0.1) is 22.4 Å². The minimum absolute atomic E-state index is 0.175. The van der Waals surface area contributed by atoms with Gasteiger partial charge >= 0.3 is 0 Å². The fourth-order valence-electron chi connectivity index (χ4n) is 2.94. The molecule has 4 aromatic rings. The van der Waals surface area contributed by atoms with Crippen LogP contribution in [-0.4, -0.2) is 20.4 Å². The van der Waals surface area contributed by atoms with Crippen molar-refractivity contribution in [1.82, 2.24) is 14.5 Å². The number of aromatic nitrogens is 3. The number of carbonyl (C=O) groups is 1. The maximum atomic E-state index is 12.8. The van der Waals surface area contributed by atoms with Crippen molar-refractivity contribution in [3.8, 4) is 5.75 Å². The molecule has 1 amide bonds. The maximum absolute atomic E-state index is 12.8. The first-order valence-electron chi connectivity index (χ1n) is 9.02. The van der Waals surface area contributed by atoms with Crippen LogP contribution in [-0.2, 0) is 13.7 Å². The third-order valence-electron chi connectivity index (χ3n) is 4.43. The molecule has 0 saturated carbocycles. The van der Waals surface area contributed by atoms with E-state index >= 15 is 0 Å². The first-order chi connectivity index (χ1) is 14.1. The molecule has 0 aliphatic carbocycles. The number of hydrogen-bond donors (Lipinski definition) is 1. The Labute approximate surface area is 166 Å². The quantitative estimate of drug-likeness (QED) is 0.569. The van der Waals surface area contributed by atoms with Gasteiger partial charge in [-0.2, -0.15) is 0 Å². The van der Waals surface area contributed by atoms with E-state index in [-0.39, 0.29) is 12.3 Å². The van der Waals surface area contributed by atoms with E-state index in [1.54, 1.807) is 49.6 Å². The van der Waals surface area contributed by atoms with E-state index in [4.69, 9.17) is 4.74 Å². The molecule has 7 nitrogen and oxygen atoms in total. The molecule has 0 radical (unpaired) electrons. The molecule has 29 heavy (non-hydrogen) atoms. The van der Waals surface area contributed by atoms with Crippen molar-refractivity contribution < 1.29 is 9.53 Å². The van der Waals surface area contributed by atoms with Crippen LogP contribution < -0.4 is 15.6 Å². The minimum Gasteiger partial charge on any atom is -0.485 e. The normalized spacial score (nSPS) is 10.7. The second kappa shape index (κ2) is 7.93. The van der Waals surface area contributed by atoms with Crippen molar-refractivity contribution >= 4 is 22.6 Å². The molecule has 0 aliphatic heterocycles. The summed E-state index contributed by atoms with van der Waals surface area (Å²) in [7, 11) is 1.62. The van der Waals surface area contributed by atoms with Crippen LogP contribution in [0.25, 0.3) is 11.0 Å². The number of ether oxygens (including phenoxy) is 1. The van der Waals surface area contributed by atoms with Crippen molar-refractivity contribution in [2.45, 2.75) is 6.61 Å². The summed E-state index contributed by atoms with van der Waals surface area (Å²) in [5.41, 5.74) is 1.80. The summed E-state index contributed by atoms with van der Waals surface area (Å²) in [6, 6.07) is 19.7. The Morgan fingerprint density at radius 3 is 2.62 bits per heavy atom. The Bertz CT molecular complexity index is 1240. The fraction of sp³-hybridized carbons (Fsp3) is 0.0909. The summed E-state index contributed by atoms with van der Waals surface area (Å²) in [6.07, 6.45) is 1.69. The average Bonchev–Trinajstić information content (AvgIpc) is 2.76. The molecule has 0 aliphatic rings. The molecule has 0 saturated heterocycles. The van der Waals surface area contributed by atoms with E-state index in [2.05, 4.69) is 15.3 Å². The van der Waals surface area contributed by atoms with E-state index in [1.165, 1.54) is 4.57 Å². The van der Waals surface area contributed by atoms with E-state index in [1.807, 2.05) is 30.3 Å². The lowest BCUT2D eigenvalue weighted by Gasteiger charge is -2.12. The first-order valence-corrected chi connectivity index (χ1v) is 9.02. The molecule has 2 heterocycles. The number of benzene rings is 2. The SMILES string of the molecule is Cn1c(=O)c(C(=O)Nc2ccccc2OCc2ccccn2)nc2ccccc21. The number of fused-ring (bicyclic) bond motifs is 1. The highest BCUT2D eigenvalue weighted by Gasteiger charge is 2.17. The van der Waals surface area contributed by atoms with Gasteiger partial charge in [0, 0.05) is 13.2 Å². The summed E-state index contributed by atoms with van der Waals surface area (Å²) in [5.74, 6) is -0.116. The van der Waals surface area contributed by atoms with Gasteiger partial charge in [0.25, 0.3) is 11.5 Å². The highest BCUT2D eigenvalue weighted by molar-refractivity contribution is 6.04. The van der Waals surface area contributed by atoms with Crippen LogP contribution in [0.2, 0.25) is 0 Å². The second-order valence-corrected chi connectivity index (χ2v) is 6.37. The molecule has 0 unspecified atom stereocenters. The van der Waals surface area contributed by atoms with Gasteiger partial charge in [-0.1, -0.05) is 30.3 Å². The smallest absolute Gasteiger partial charge is 0.282 e. The molecular weight excluding hydrogens is 368 g/mol. The fourth-order valence-corrected chi connectivity index (χ4v) is 2.94. The summed E-state index contributed by atoms with van der Waals surface area (Å²) < 4.78 is 7.22. The number of rotatable bonds is 5. The van der Waals surface area contributed by atoms with Crippen LogP contribution in [0.5, 0.6) is 5.75 Å². The first kappa shape index (κ1) is 18.4. The zero-order valence-corrected chi connectivity index (χ0v) is 15.7. The number of aryl methyl sites for hydroxylation is 1. The molecule has 0 bridgehead atoms. The Morgan fingerprint density at radius 1 is 1.03 bits per heavy atom. The highest BCUT2D eigenvalue weighted by atomic mass is 16.5. The topological polar surface area (TPSA) is 86.1 Å². The van der Waals surface area contributed by atoms with Crippen molar-refractivity contribution in [3.63, 3.8) is 0 Å². The van der Waals surface area contributed by atoms with Crippen LogP contribution in [0, 0.1) is 0 Å². The number of hydrogen-bond acceptors (Lipinski definition) is 5. The van der Waals surface area contributed by atoms with Gasteiger partial charge in [-0.3, -0.25) is 14.6 Å².